The minimum absolute atomic E-state index is 0.0397. The van der Waals surface area contributed by atoms with Crippen molar-refractivity contribution < 1.29 is 14.5 Å². The van der Waals surface area contributed by atoms with E-state index in [4.69, 9.17) is 4.74 Å². The molecule has 7 heteroatoms. The van der Waals surface area contributed by atoms with Crippen molar-refractivity contribution in [2.45, 2.75) is 20.8 Å². The van der Waals surface area contributed by atoms with Crippen LogP contribution >= 0.6 is 0 Å². The van der Waals surface area contributed by atoms with Gasteiger partial charge in [0, 0.05) is 23.4 Å². The van der Waals surface area contributed by atoms with Crippen LogP contribution in [0, 0.1) is 24.0 Å². The van der Waals surface area contributed by atoms with Crippen molar-refractivity contribution in [1.29, 1.82) is 0 Å². The second kappa shape index (κ2) is 7.41. The first-order valence-corrected chi connectivity index (χ1v) is 8.51. The lowest BCUT2D eigenvalue weighted by Crippen LogP contribution is -2.05. The number of nitro benzene ring substituents is 1. The lowest BCUT2D eigenvalue weighted by atomic mass is 10.0. The molecule has 138 valence electrons. The van der Waals surface area contributed by atoms with E-state index in [9.17, 15) is 14.9 Å². The van der Waals surface area contributed by atoms with Gasteiger partial charge in [0.15, 0.2) is 0 Å². The van der Waals surface area contributed by atoms with Crippen molar-refractivity contribution in [2.24, 2.45) is 0 Å². The Labute approximate surface area is 156 Å². The van der Waals surface area contributed by atoms with E-state index in [0.29, 0.717) is 12.2 Å². The number of rotatable bonds is 5. The number of hydrogen-bond donors (Lipinski definition) is 0. The summed E-state index contributed by atoms with van der Waals surface area (Å²) in [4.78, 5) is 22.4. The summed E-state index contributed by atoms with van der Waals surface area (Å²) in [7, 11) is 0. The van der Waals surface area contributed by atoms with Crippen LogP contribution in [0.4, 0.5) is 5.69 Å². The number of nitro groups is 1. The molecular weight excluding hydrogens is 346 g/mol. The molecule has 0 saturated carbocycles. The first kappa shape index (κ1) is 18.3. The Hall–Kier alpha value is -3.48. The predicted molar refractivity (Wildman–Crippen MR) is 101 cm³/mol. The van der Waals surface area contributed by atoms with Crippen LogP contribution in [0.2, 0.25) is 0 Å². The zero-order valence-electron chi connectivity index (χ0n) is 15.3. The molecule has 0 saturated heterocycles. The molecule has 0 spiro atoms. The fourth-order valence-corrected chi connectivity index (χ4v) is 3.04. The van der Waals surface area contributed by atoms with Crippen molar-refractivity contribution in [2.75, 3.05) is 6.61 Å². The molecule has 3 rings (SSSR count). The van der Waals surface area contributed by atoms with E-state index in [1.165, 1.54) is 6.07 Å². The van der Waals surface area contributed by atoms with E-state index in [0.717, 1.165) is 28.2 Å². The quantitative estimate of drug-likeness (QED) is 0.383. The molecule has 1 heterocycles. The third-order valence-corrected chi connectivity index (χ3v) is 4.26. The third kappa shape index (κ3) is 3.57. The van der Waals surface area contributed by atoms with Gasteiger partial charge in [-0.2, -0.15) is 5.10 Å². The molecule has 0 bridgehead atoms. The van der Waals surface area contributed by atoms with Crippen LogP contribution in [0.15, 0.2) is 48.5 Å². The maximum atomic E-state index is 11.8. The number of nitrogens with zero attached hydrogens (tertiary/aromatic N) is 3. The van der Waals surface area contributed by atoms with Gasteiger partial charge in [-0.3, -0.25) is 10.1 Å². The third-order valence-electron chi connectivity index (χ3n) is 4.26. The first-order valence-electron chi connectivity index (χ1n) is 8.51. The van der Waals surface area contributed by atoms with E-state index < -0.39 is 4.92 Å². The number of carbonyl (C=O) groups excluding carboxylic acids is 1. The molecule has 0 radical (unpaired) electrons. The number of aryl methyl sites for hydroxylation is 1. The summed E-state index contributed by atoms with van der Waals surface area (Å²) in [6.45, 7) is 5.86. The highest BCUT2D eigenvalue weighted by atomic mass is 16.6. The van der Waals surface area contributed by atoms with Crippen LogP contribution in [0.5, 0.6) is 0 Å². The highest BCUT2D eigenvalue weighted by Crippen LogP contribution is 2.30. The Kier molecular flexibility index (Phi) is 5.03. The molecule has 27 heavy (non-hydrogen) atoms. The normalized spacial score (nSPS) is 10.6. The molecule has 1 aromatic heterocycles. The molecule has 0 atom stereocenters. The Balaban J connectivity index is 2.00. The average molecular weight is 365 g/mol. The predicted octanol–water partition coefficient (Wildman–Crippen LogP) is 4.24. The van der Waals surface area contributed by atoms with Crippen molar-refractivity contribution in [3.05, 3.63) is 75.6 Å². The smallest absolute Gasteiger partial charge is 0.338 e. The van der Waals surface area contributed by atoms with Crippen molar-refractivity contribution >= 4 is 11.7 Å². The van der Waals surface area contributed by atoms with Gasteiger partial charge in [-0.1, -0.05) is 12.1 Å². The lowest BCUT2D eigenvalue weighted by Gasteiger charge is -2.07. The Bertz CT molecular complexity index is 1010. The number of aromatic nitrogens is 2. The van der Waals surface area contributed by atoms with Gasteiger partial charge in [-0.05, 0) is 50.6 Å². The minimum atomic E-state index is -0.410. The average Bonchev–Trinajstić information content (AvgIpc) is 2.96. The molecule has 0 aliphatic heterocycles. The number of non-ortho nitro benzene ring substituents is 1. The van der Waals surface area contributed by atoms with Gasteiger partial charge in [0.05, 0.1) is 28.5 Å². The van der Waals surface area contributed by atoms with E-state index >= 15 is 0 Å². The van der Waals surface area contributed by atoms with Crippen LogP contribution in [0.1, 0.15) is 28.7 Å². The largest absolute Gasteiger partial charge is 0.462 e. The van der Waals surface area contributed by atoms with Crippen molar-refractivity contribution in [3.63, 3.8) is 0 Å². The number of esters is 1. The van der Waals surface area contributed by atoms with Crippen LogP contribution in [0.25, 0.3) is 16.8 Å². The summed E-state index contributed by atoms with van der Waals surface area (Å²) in [6, 6.07) is 13.5. The molecule has 0 amide bonds. The lowest BCUT2D eigenvalue weighted by molar-refractivity contribution is -0.384. The van der Waals surface area contributed by atoms with Gasteiger partial charge < -0.3 is 4.74 Å². The molecule has 2 aromatic carbocycles. The molecule has 0 aliphatic rings. The monoisotopic (exact) mass is 365 g/mol. The van der Waals surface area contributed by atoms with Gasteiger partial charge >= 0.3 is 5.97 Å². The van der Waals surface area contributed by atoms with Gasteiger partial charge in [0.2, 0.25) is 0 Å². The molecule has 3 aromatic rings. The van der Waals surface area contributed by atoms with Crippen molar-refractivity contribution in [3.8, 4) is 16.8 Å². The SMILES string of the molecule is CCOC(=O)c1ccc(-n2nc(C)c(-c3cccc([N+](=O)[O-])c3)c2C)cc1. The fraction of sp³-hybridized carbons (Fsp3) is 0.200. The van der Waals surface area contributed by atoms with E-state index in [1.54, 1.807) is 48.0 Å². The fourth-order valence-electron chi connectivity index (χ4n) is 3.04. The second-order valence-electron chi connectivity index (χ2n) is 6.03. The summed E-state index contributed by atoms with van der Waals surface area (Å²) < 4.78 is 6.75. The summed E-state index contributed by atoms with van der Waals surface area (Å²) >= 11 is 0. The zero-order chi connectivity index (χ0) is 19.6. The molecule has 0 N–H and O–H groups in total. The van der Waals surface area contributed by atoms with Crippen LogP contribution in [-0.2, 0) is 4.74 Å². The number of ether oxygens (including phenoxy) is 1. The van der Waals surface area contributed by atoms with Crippen LogP contribution < -0.4 is 0 Å². The van der Waals surface area contributed by atoms with Crippen LogP contribution in [0.3, 0.4) is 0 Å². The zero-order valence-corrected chi connectivity index (χ0v) is 15.3. The molecule has 0 unspecified atom stereocenters. The highest BCUT2D eigenvalue weighted by molar-refractivity contribution is 5.89. The number of benzene rings is 2. The van der Waals surface area contributed by atoms with E-state index in [1.807, 2.05) is 19.9 Å². The molecule has 0 fully saturated rings. The van der Waals surface area contributed by atoms with Crippen LogP contribution in [-0.4, -0.2) is 27.3 Å². The highest BCUT2D eigenvalue weighted by Gasteiger charge is 2.17. The Morgan fingerprint density at radius 1 is 1.19 bits per heavy atom. The Morgan fingerprint density at radius 3 is 2.52 bits per heavy atom. The summed E-state index contributed by atoms with van der Waals surface area (Å²) in [6.07, 6.45) is 0. The van der Waals surface area contributed by atoms with E-state index in [2.05, 4.69) is 5.10 Å². The van der Waals surface area contributed by atoms with Gasteiger partial charge in [0.1, 0.15) is 0 Å². The summed E-state index contributed by atoms with van der Waals surface area (Å²) in [5, 5.41) is 15.6. The van der Waals surface area contributed by atoms with Gasteiger partial charge in [-0.15, -0.1) is 0 Å². The number of carbonyl (C=O) groups is 1. The number of hydrogen-bond acceptors (Lipinski definition) is 5. The maximum absolute atomic E-state index is 11.8. The Morgan fingerprint density at radius 2 is 1.89 bits per heavy atom. The minimum Gasteiger partial charge on any atom is -0.462 e. The summed E-state index contributed by atoms with van der Waals surface area (Å²) in [5.74, 6) is -0.366. The topological polar surface area (TPSA) is 87.3 Å². The van der Waals surface area contributed by atoms with Gasteiger partial charge in [-0.25, -0.2) is 9.48 Å². The molecule has 7 nitrogen and oxygen atoms in total. The molecule has 0 aliphatic carbocycles. The van der Waals surface area contributed by atoms with Crippen molar-refractivity contribution in [1.82, 2.24) is 9.78 Å². The first-order chi connectivity index (χ1) is 12.9. The van der Waals surface area contributed by atoms with E-state index in [-0.39, 0.29) is 11.7 Å². The molecular formula is C20H19N3O4. The maximum Gasteiger partial charge on any atom is 0.338 e. The second-order valence-corrected chi connectivity index (χ2v) is 6.03. The standard InChI is InChI=1S/C20H19N3O4/c1-4-27-20(24)15-8-10-17(11-9-15)22-14(3)19(13(2)21-22)16-6-5-7-18(12-16)23(25)26/h5-12H,4H2,1-3H3. The van der Waals surface area contributed by atoms with Gasteiger partial charge in [0.25, 0.3) is 5.69 Å². The summed E-state index contributed by atoms with van der Waals surface area (Å²) in [5.41, 5.74) is 4.53.